The van der Waals surface area contributed by atoms with Crippen molar-refractivity contribution in [1.29, 1.82) is 0 Å². The largest absolute Gasteiger partial charge is 0.481 e. The average Bonchev–Trinajstić information content (AvgIpc) is 2.70. The van der Waals surface area contributed by atoms with E-state index in [0.29, 0.717) is 17.8 Å². The van der Waals surface area contributed by atoms with Gasteiger partial charge >= 0.3 is 5.97 Å². The first-order valence-corrected chi connectivity index (χ1v) is 8.95. The summed E-state index contributed by atoms with van der Waals surface area (Å²) in [6.45, 7) is 4.92. The number of carbonyl (C=O) groups excluding carboxylic acids is 1. The monoisotopic (exact) mass is 360 g/mol. The fourth-order valence-electron chi connectivity index (χ4n) is 2.39. The Morgan fingerprint density at radius 2 is 1.96 bits per heavy atom. The summed E-state index contributed by atoms with van der Waals surface area (Å²) in [6, 6.07) is -0.969. The Hall–Kier alpha value is -1.94. The van der Waals surface area contributed by atoms with Crippen LogP contribution in [-0.4, -0.2) is 59.7 Å². The Labute approximate surface area is 141 Å². The highest BCUT2D eigenvalue weighted by Gasteiger charge is 2.28. The quantitative estimate of drug-likeness (QED) is 0.674. The van der Waals surface area contributed by atoms with Crippen molar-refractivity contribution in [2.75, 3.05) is 13.6 Å². The number of carboxylic acids is 1. The summed E-state index contributed by atoms with van der Waals surface area (Å²) in [5.41, 5.74) is 0.839. The minimum absolute atomic E-state index is 0.0498. The molecule has 0 saturated carbocycles. The van der Waals surface area contributed by atoms with Crippen molar-refractivity contribution in [3.05, 3.63) is 11.4 Å². The molecule has 0 aliphatic heterocycles. The maximum atomic E-state index is 12.5. The molecule has 1 heterocycles. The van der Waals surface area contributed by atoms with Gasteiger partial charge in [-0.3, -0.25) is 14.3 Å². The van der Waals surface area contributed by atoms with Crippen molar-refractivity contribution in [1.82, 2.24) is 19.4 Å². The number of nitrogens with one attached hydrogen (secondary N) is 1. The highest BCUT2D eigenvalue weighted by molar-refractivity contribution is 7.89. The van der Waals surface area contributed by atoms with Gasteiger partial charge in [0.15, 0.2) is 0 Å². The Morgan fingerprint density at radius 1 is 1.38 bits per heavy atom. The van der Waals surface area contributed by atoms with Crippen LogP contribution in [0.15, 0.2) is 4.90 Å². The molecule has 0 radical (unpaired) electrons. The van der Waals surface area contributed by atoms with E-state index in [0.717, 1.165) is 0 Å². The van der Waals surface area contributed by atoms with Crippen LogP contribution < -0.4 is 4.72 Å². The van der Waals surface area contributed by atoms with E-state index in [1.807, 2.05) is 0 Å². The van der Waals surface area contributed by atoms with E-state index >= 15 is 0 Å². The fraction of sp³-hybridized carbons (Fsp3) is 0.643. The second kappa shape index (κ2) is 7.75. The third-order valence-corrected chi connectivity index (χ3v) is 5.47. The predicted molar refractivity (Wildman–Crippen MR) is 87.0 cm³/mol. The predicted octanol–water partition coefficient (Wildman–Crippen LogP) is 0.0269. The molecular formula is C14H24N4O5S. The topological polar surface area (TPSA) is 122 Å². The molecule has 10 heteroatoms. The van der Waals surface area contributed by atoms with Gasteiger partial charge in [0.05, 0.1) is 17.4 Å². The van der Waals surface area contributed by atoms with Gasteiger partial charge in [0.25, 0.3) is 0 Å². The van der Waals surface area contributed by atoms with Gasteiger partial charge in [-0.25, -0.2) is 8.42 Å². The van der Waals surface area contributed by atoms with Crippen molar-refractivity contribution in [2.24, 2.45) is 7.05 Å². The number of aromatic nitrogens is 2. The number of carbonyl (C=O) groups is 2. The van der Waals surface area contributed by atoms with E-state index in [1.54, 1.807) is 20.9 Å². The summed E-state index contributed by atoms with van der Waals surface area (Å²) in [5, 5.41) is 12.7. The van der Waals surface area contributed by atoms with Crippen molar-refractivity contribution in [2.45, 2.75) is 44.6 Å². The zero-order valence-electron chi connectivity index (χ0n) is 14.5. The number of amides is 1. The Balaban J connectivity index is 2.80. The van der Waals surface area contributed by atoms with Gasteiger partial charge in [0.1, 0.15) is 4.90 Å². The van der Waals surface area contributed by atoms with Crippen LogP contribution in [0.25, 0.3) is 0 Å². The lowest BCUT2D eigenvalue weighted by Gasteiger charge is -2.22. The van der Waals surface area contributed by atoms with Gasteiger partial charge in [0, 0.05) is 27.1 Å². The lowest BCUT2D eigenvalue weighted by molar-refractivity contribution is -0.138. The fourth-order valence-corrected chi connectivity index (χ4v) is 4.03. The first kappa shape index (κ1) is 20.1. The van der Waals surface area contributed by atoms with Crippen molar-refractivity contribution in [3.8, 4) is 0 Å². The summed E-state index contributed by atoms with van der Waals surface area (Å²) in [7, 11) is -0.733. The van der Waals surface area contributed by atoms with Gasteiger partial charge in [-0.05, 0) is 27.2 Å². The number of aryl methyl sites for hydroxylation is 2. The number of sulfonamides is 1. The van der Waals surface area contributed by atoms with E-state index in [9.17, 15) is 18.0 Å². The summed E-state index contributed by atoms with van der Waals surface area (Å²) in [5.74, 6) is -1.37. The van der Waals surface area contributed by atoms with Crippen LogP contribution >= 0.6 is 0 Å². The molecular weight excluding hydrogens is 336 g/mol. The van der Waals surface area contributed by atoms with E-state index < -0.39 is 27.9 Å². The van der Waals surface area contributed by atoms with Crippen molar-refractivity contribution in [3.63, 3.8) is 0 Å². The highest BCUT2D eigenvalue weighted by Crippen LogP contribution is 2.18. The smallest absolute Gasteiger partial charge is 0.303 e. The van der Waals surface area contributed by atoms with Gasteiger partial charge in [-0.1, -0.05) is 0 Å². The Bertz CT molecular complexity index is 726. The molecule has 0 saturated heterocycles. The third-order valence-electron chi connectivity index (χ3n) is 3.67. The number of nitrogens with zero attached hydrogens (tertiary/aromatic N) is 3. The molecule has 1 rings (SSSR count). The molecule has 1 unspecified atom stereocenters. The summed E-state index contributed by atoms with van der Waals surface area (Å²) in [4.78, 5) is 24.1. The number of carboxylic acid groups (broad SMARTS) is 1. The molecule has 2 N–H and O–H groups in total. The second-order valence-electron chi connectivity index (χ2n) is 5.72. The molecule has 0 spiro atoms. The molecule has 9 nitrogen and oxygen atoms in total. The second-order valence-corrected chi connectivity index (χ2v) is 7.37. The number of hydrogen-bond donors (Lipinski definition) is 2. The normalized spacial score (nSPS) is 12.9. The van der Waals surface area contributed by atoms with Crippen LogP contribution in [-0.2, 0) is 26.7 Å². The molecule has 0 aliphatic rings. The molecule has 1 atom stereocenters. The number of rotatable bonds is 8. The standard InChI is InChI=1S/C14H24N4O5S/c1-9-13(11(3)18(5)15-9)24(22,23)16-10(2)14(21)17(4)8-6-7-12(19)20/h10,16H,6-8H2,1-5H3,(H,19,20). The number of aliphatic carboxylic acids is 1. The minimum Gasteiger partial charge on any atom is -0.481 e. The van der Waals surface area contributed by atoms with Gasteiger partial charge in [-0.15, -0.1) is 0 Å². The van der Waals surface area contributed by atoms with Crippen LogP contribution in [0.4, 0.5) is 0 Å². The first-order valence-electron chi connectivity index (χ1n) is 7.46. The van der Waals surface area contributed by atoms with Crippen LogP contribution in [0.5, 0.6) is 0 Å². The molecule has 136 valence electrons. The number of hydrogen-bond acceptors (Lipinski definition) is 5. The van der Waals surface area contributed by atoms with Crippen LogP contribution in [0, 0.1) is 13.8 Å². The molecule has 1 amide bonds. The van der Waals surface area contributed by atoms with Crippen LogP contribution in [0.3, 0.4) is 0 Å². The van der Waals surface area contributed by atoms with Crippen molar-refractivity contribution < 1.29 is 23.1 Å². The lowest BCUT2D eigenvalue weighted by atomic mass is 10.2. The summed E-state index contributed by atoms with van der Waals surface area (Å²) >= 11 is 0. The Kier molecular flexibility index (Phi) is 6.50. The molecule has 1 aromatic rings. The minimum atomic E-state index is -3.89. The van der Waals surface area contributed by atoms with Crippen LogP contribution in [0.1, 0.15) is 31.2 Å². The molecule has 24 heavy (non-hydrogen) atoms. The van der Waals surface area contributed by atoms with Gasteiger partial charge in [-0.2, -0.15) is 9.82 Å². The molecule has 0 aliphatic carbocycles. The molecule has 1 aromatic heterocycles. The maximum absolute atomic E-state index is 12.5. The van der Waals surface area contributed by atoms with Crippen molar-refractivity contribution >= 4 is 21.9 Å². The summed E-state index contributed by atoms with van der Waals surface area (Å²) in [6.07, 6.45) is 0.254. The van der Waals surface area contributed by atoms with Gasteiger partial charge < -0.3 is 10.0 Å². The van der Waals surface area contributed by atoms with Crippen LogP contribution in [0.2, 0.25) is 0 Å². The zero-order chi connectivity index (χ0) is 18.7. The van der Waals surface area contributed by atoms with E-state index in [-0.39, 0.29) is 17.9 Å². The number of likely N-dealkylation sites (N-methyl/N-ethyl adjacent to an activating group) is 1. The van der Waals surface area contributed by atoms with E-state index in [4.69, 9.17) is 5.11 Å². The molecule has 0 fully saturated rings. The molecule has 0 bridgehead atoms. The van der Waals surface area contributed by atoms with Gasteiger partial charge in [0.2, 0.25) is 15.9 Å². The summed E-state index contributed by atoms with van der Waals surface area (Å²) < 4.78 is 28.9. The maximum Gasteiger partial charge on any atom is 0.303 e. The lowest BCUT2D eigenvalue weighted by Crippen LogP contribution is -2.45. The average molecular weight is 360 g/mol. The molecule has 0 aromatic carbocycles. The third kappa shape index (κ3) is 4.78. The first-order chi connectivity index (χ1) is 11.0. The highest BCUT2D eigenvalue weighted by atomic mass is 32.2. The Morgan fingerprint density at radius 3 is 2.42 bits per heavy atom. The SMILES string of the molecule is Cc1nn(C)c(C)c1S(=O)(=O)NC(C)C(=O)N(C)CCCC(=O)O. The van der Waals surface area contributed by atoms with E-state index in [2.05, 4.69) is 9.82 Å². The zero-order valence-corrected chi connectivity index (χ0v) is 15.3. The van der Waals surface area contributed by atoms with E-state index in [1.165, 1.54) is 23.6 Å².